The Kier molecular flexibility index (Phi) is 4.93. The summed E-state index contributed by atoms with van der Waals surface area (Å²) in [5.41, 5.74) is 1.86. The maximum Gasteiger partial charge on any atom is 0.257 e. The first kappa shape index (κ1) is 16.2. The molecule has 6 heteroatoms. The molecule has 1 aliphatic rings. The highest BCUT2D eigenvalue weighted by Gasteiger charge is 2.24. The molecule has 1 aromatic heterocycles. The van der Waals surface area contributed by atoms with Crippen LogP contribution in [0.25, 0.3) is 0 Å². The zero-order valence-electron chi connectivity index (χ0n) is 14.0. The predicted molar refractivity (Wildman–Crippen MR) is 92.3 cm³/mol. The van der Waals surface area contributed by atoms with Crippen molar-refractivity contribution in [3.63, 3.8) is 0 Å². The molecule has 2 heterocycles. The fourth-order valence-electron chi connectivity index (χ4n) is 2.95. The van der Waals surface area contributed by atoms with Gasteiger partial charge in [-0.2, -0.15) is 0 Å². The average Bonchev–Trinajstić information content (AvgIpc) is 2.62. The van der Waals surface area contributed by atoms with Crippen molar-refractivity contribution in [3.05, 3.63) is 47.8 Å². The molecular weight excluding hydrogens is 304 g/mol. The van der Waals surface area contributed by atoms with Crippen molar-refractivity contribution < 1.29 is 9.53 Å². The van der Waals surface area contributed by atoms with Gasteiger partial charge in [0, 0.05) is 37.1 Å². The number of nitrogens with zero attached hydrogens (tertiary/aromatic N) is 3. The standard InChI is InChI=1S/C18H22N4O2/c1-13-4-3-5-14(12-13)18(23)22-10-6-15(7-11-22)21-16-17(24-2)20-9-8-19-16/h3-5,8-9,12,15H,6-7,10-11H2,1-2H3,(H,19,21). The number of aromatic nitrogens is 2. The highest BCUT2D eigenvalue weighted by atomic mass is 16.5. The van der Waals surface area contributed by atoms with E-state index >= 15 is 0 Å². The fourth-order valence-corrected chi connectivity index (χ4v) is 2.95. The quantitative estimate of drug-likeness (QED) is 0.935. The van der Waals surface area contributed by atoms with E-state index in [9.17, 15) is 4.79 Å². The largest absolute Gasteiger partial charge is 0.478 e. The number of amides is 1. The van der Waals surface area contributed by atoms with E-state index < -0.39 is 0 Å². The lowest BCUT2D eigenvalue weighted by Crippen LogP contribution is -2.42. The van der Waals surface area contributed by atoms with E-state index in [0.717, 1.165) is 37.1 Å². The number of nitrogens with one attached hydrogen (secondary N) is 1. The summed E-state index contributed by atoms with van der Waals surface area (Å²) in [6, 6.07) is 8.01. The van der Waals surface area contributed by atoms with E-state index in [2.05, 4.69) is 15.3 Å². The minimum absolute atomic E-state index is 0.106. The summed E-state index contributed by atoms with van der Waals surface area (Å²) < 4.78 is 5.21. The van der Waals surface area contributed by atoms with Crippen LogP contribution in [0.15, 0.2) is 36.7 Å². The Morgan fingerprint density at radius 1 is 1.25 bits per heavy atom. The lowest BCUT2D eigenvalue weighted by molar-refractivity contribution is 0.0718. The summed E-state index contributed by atoms with van der Waals surface area (Å²) in [5.74, 6) is 1.26. The van der Waals surface area contributed by atoms with Gasteiger partial charge in [0.05, 0.1) is 7.11 Å². The SMILES string of the molecule is COc1nccnc1NC1CCN(C(=O)c2cccc(C)c2)CC1. The van der Waals surface area contributed by atoms with E-state index in [-0.39, 0.29) is 11.9 Å². The lowest BCUT2D eigenvalue weighted by atomic mass is 10.0. The first-order chi connectivity index (χ1) is 11.7. The van der Waals surface area contributed by atoms with Crippen LogP contribution in [-0.2, 0) is 0 Å². The minimum atomic E-state index is 0.106. The van der Waals surface area contributed by atoms with E-state index in [1.807, 2.05) is 36.1 Å². The van der Waals surface area contributed by atoms with Crippen molar-refractivity contribution in [2.24, 2.45) is 0 Å². The number of likely N-dealkylation sites (tertiary alicyclic amines) is 1. The zero-order chi connectivity index (χ0) is 16.9. The summed E-state index contributed by atoms with van der Waals surface area (Å²) in [6.45, 7) is 3.46. The average molecular weight is 326 g/mol. The number of anilines is 1. The molecule has 2 aromatic rings. The van der Waals surface area contributed by atoms with Crippen LogP contribution < -0.4 is 10.1 Å². The van der Waals surface area contributed by atoms with Gasteiger partial charge in [-0.25, -0.2) is 9.97 Å². The third-order valence-electron chi connectivity index (χ3n) is 4.25. The molecule has 24 heavy (non-hydrogen) atoms. The molecule has 1 N–H and O–H groups in total. The van der Waals surface area contributed by atoms with Crippen LogP contribution in [0.4, 0.5) is 5.82 Å². The minimum Gasteiger partial charge on any atom is -0.478 e. The maximum atomic E-state index is 12.6. The summed E-state index contributed by atoms with van der Waals surface area (Å²) >= 11 is 0. The van der Waals surface area contributed by atoms with Crippen LogP contribution in [0.3, 0.4) is 0 Å². The van der Waals surface area contributed by atoms with Gasteiger partial charge in [-0.1, -0.05) is 17.7 Å². The molecule has 1 aliphatic heterocycles. The van der Waals surface area contributed by atoms with Crippen molar-refractivity contribution in [3.8, 4) is 5.88 Å². The van der Waals surface area contributed by atoms with Gasteiger partial charge in [-0.3, -0.25) is 4.79 Å². The Balaban J connectivity index is 1.58. The van der Waals surface area contributed by atoms with Crippen molar-refractivity contribution in [2.45, 2.75) is 25.8 Å². The molecule has 0 bridgehead atoms. The summed E-state index contributed by atoms with van der Waals surface area (Å²) in [6.07, 6.45) is 4.99. The fraction of sp³-hybridized carbons (Fsp3) is 0.389. The third-order valence-corrected chi connectivity index (χ3v) is 4.25. The first-order valence-electron chi connectivity index (χ1n) is 8.15. The van der Waals surface area contributed by atoms with Crippen molar-refractivity contribution in [2.75, 3.05) is 25.5 Å². The molecule has 0 spiro atoms. The smallest absolute Gasteiger partial charge is 0.257 e. The molecule has 0 aliphatic carbocycles. The number of benzene rings is 1. The zero-order valence-corrected chi connectivity index (χ0v) is 14.0. The number of hydrogen-bond acceptors (Lipinski definition) is 5. The summed E-state index contributed by atoms with van der Waals surface area (Å²) in [7, 11) is 1.58. The number of carbonyl (C=O) groups excluding carboxylic acids is 1. The van der Waals surface area contributed by atoms with Crippen LogP contribution in [0, 0.1) is 6.92 Å². The topological polar surface area (TPSA) is 67.4 Å². The molecule has 0 radical (unpaired) electrons. The molecular formula is C18H22N4O2. The summed E-state index contributed by atoms with van der Waals surface area (Å²) in [5, 5.41) is 3.37. The Morgan fingerprint density at radius 2 is 2.00 bits per heavy atom. The van der Waals surface area contributed by atoms with Gasteiger partial charge in [-0.15, -0.1) is 0 Å². The normalized spacial score (nSPS) is 15.2. The number of piperidine rings is 1. The lowest BCUT2D eigenvalue weighted by Gasteiger charge is -2.32. The van der Waals surface area contributed by atoms with Crippen molar-refractivity contribution in [1.29, 1.82) is 0 Å². The highest BCUT2D eigenvalue weighted by Crippen LogP contribution is 2.22. The molecule has 0 atom stereocenters. The number of hydrogen-bond donors (Lipinski definition) is 1. The second-order valence-corrected chi connectivity index (χ2v) is 5.99. The van der Waals surface area contributed by atoms with Gasteiger partial charge < -0.3 is 15.0 Å². The predicted octanol–water partition coefficient (Wildman–Crippen LogP) is 2.51. The second-order valence-electron chi connectivity index (χ2n) is 5.99. The maximum absolute atomic E-state index is 12.6. The highest BCUT2D eigenvalue weighted by molar-refractivity contribution is 5.94. The molecule has 1 amide bonds. The number of ether oxygens (including phenoxy) is 1. The van der Waals surface area contributed by atoms with E-state index in [4.69, 9.17) is 4.74 Å². The van der Waals surface area contributed by atoms with Gasteiger partial charge in [0.2, 0.25) is 0 Å². The number of rotatable bonds is 4. The van der Waals surface area contributed by atoms with Crippen LogP contribution in [-0.4, -0.2) is 47.0 Å². The molecule has 0 saturated carbocycles. The molecule has 0 unspecified atom stereocenters. The van der Waals surface area contributed by atoms with E-state index in [0.29, 0.717) is 11.7 Å². The number of carbonyl (C=O) groups is 1. The Labute approximate surface area is 141 Å². The van der Waals surface area contributed by atoms with Crippen molar-refractivity contribution in [1.82, 2.24) is 14.9 Å². The number of aryl methyl sites for hydroxylation is 1. The van der Waals surface area contributed by atoms with Gasteiger partial charge in [0.25, 0.3) is 11.8 Å². The van der Waals surface area contributed by atoms with Crippen molar-refractivity contribution >= 4 is 11.7 Å². The van der Waals surface area contributed by atoms with Crippen LogP contribution in [0.1, 0.15) is 28.8 Å². The number of methoxy groups -OCH3 is 1. The summed E-state index contributed by atoms with van der Waals surface area (Å²) in [4.78, 5) is 22.9. The van der Waals surface area contributed by atoms with Gasteiger partial charge in [-0.05, 0) is 31.9 Å². The Bertz CT molecular complexity index is 712. The molecule has 1 saturated heterocycles. The first-order valence-corrected chi connectivity index (χ1v) is 8.15. The monoisotopic (exact) mass is 326 g/mol. The van der Waals surface area contributed by atoms with Gasteiger partial charge in [0.15, 0.2) is 5.82 Å². The van der Waals surface area contributed by atoms with E-state index in [1.165, 1.54) is 0 Å². The molecule has 3 rings (SSSR count). The molecule has 126 valence electrons. The Morgan fingerprint density at radius 3 is 2.71 bits per heavy atom. The van der Waals surface area contributed by atoms with Crippen LogP contribution in [0.2, 0.25) is 0 Å². The molecule has 1 aromatic carbocycles. The van der Waals surface area contributed by atoms with Gasteiger partial charge >= 0.3 is 0 Å². The molecule has 6 nitrogen and oxygen atoms in total. The van der Waals surface area contributed by atoms with E-state index in [1.54, 1.807) is 19.5 Å². The third kappa shape index (κ3) is 3.64. The second kappa shape index (κ2) is 7.29. The molecule has 1 fully saturated rings. The van der Waals surface area contributed by atoms with Gasteiger partial charge in [0.1, 0.15) is 0 Å². The van der Waals surface area contributed by atoms with Crippen LogP contribution >= 0.6 is 0 Å². The Hall–Kier alpha value is -2.63. The van der Waals surface area contributed by atoms with Crippen LogP contribution in [0.5, 0.6) is 5.88 Å².